The van der Waals surface area contributed by atoms with Crippen molar-refractivity contribution < 1.29 is 18.9 Å². The van der Waals surface area contributed by atoms with Crippen LogP contribution in [-0.4, -0.2) is 54.9 Å². The highest BCUT2D eigenvalue weighted by Gasteiger charge is 2.23. The quantitative estimate of drug-likeness (QED) is 0.640. The van der Waals surface area contributed by atoms with Crippen LogP contribution >= 0.6 is 0 Å². The number of aromatic nitrogens is 2. The van der Waals surface area contributed by atoms with E-state index in [1.165, 1.54) is 7.11 Å². The van der Waals surface area contributed by atoms with Gasteiger partial charge in [0.15, 0.2) is 23.0 Å². The number of fused-ring (bicyclic) bond motifs is 2. The molecule has 3 aromatic rings. The number of ether oxygens (including phenoxy) is 4. The van der Waals surface area contributed by atoms with Crippen molar-refractivity contribution in [3.8, 4) is 23.0 Å². The van der Waals surface area contributed by atoms with E-state index >= 15 is 0 Å². The van der Waals surface area contributed by atoms with Gasteiger partial charge in [-0.1, -0.05) is 19.1 Å². The first-order valence-corrected chi connectivity index (χ1v) is 9.87. The average molecular weight is 411 g/mol. The van der Waals surface area contributed by atoms with E-state index in [0.29, 0.717) is 47.9 Å². The number of para-hydroxylation sites is 2. The SMILES string of the molecule is CCN(Cc1nc2cc(OC)c(OC)cc2c(=O)[nH]1)C[C@@H]1COc2ccccc2O1. The Bertz CT molecular complexity index is 1100. The van der Waals surface area contributed by atoms with Crippen molar-refractivity contribution in [3.63, 3.8) is 0 Å². The zero-order chi connectivity index (χ0) is 21.1. The van der Waals surface area contributed by atoms with E-state index in [0.717, 1.165) is 18.0 Å². The Hall–Kier alpha value is -3.26. The minimum absolute atomic E-state index is 0.101. The lowest BCUT2D eigenvalue weighted by Gasteiger charge is -2.30. The van der Waals surface area contributed by atoms with Crippen LogP contribution in [-0.2, 0) is 6.54 Å². The number of likely N-dealkylation sites (N-methyl/N-ethyl adjacent to an activating group) is 1. The molecule has 0 bridgehead atoms. The first-order valence-electron chi connectivity index (χ1n) is 9.87. The summed E-state index contributed by atoms with van der Waals surface area (Å²) in [5.41, 5.74) is 0.354. The number of rotatable bonds is 7. The minimum Gasteiger partial charge on any atom is -0.493 e. The van der Waals surface area contributed by atoms with Gasteiger partial charge >= 0.3 is 0 Å². The Labute approximate surface area is 174 Å². The fourth-order valence-corrected chi connectivity index (χ4v) is 3.55. The zero-order valence-corrected chi connectivity index (χ0v) is 17.3. The van der Waals surface area contributed by atoms with Gasteiger partial charge in [0.1, 0.15) is 18.5 Å². The number of nitrogens with one attached hydrogen (secondary N) is 1. The second kappa shape index (κ2) is 8.62. The summed E-state index contributed by atoms with van der Waals surface area (Å²) in [5, 5.41) is 0.458. The molecule has 1 aliphatic rings. The number of hydrogen-bond acceptors (Lipinski definition) is 7. The van der Waals surface area contributed by atoms with Gasteiger partial charge in [0.2, 0.25) is 0 Å². The number of nitrogens with zero attached hydrogens (tertiary/aromatic N) is 2. The highest BCUT2D eigenvalue weighted by Crippen LogP contribution is 2.31. The van der Waals surface area contributed by atoms with Gasteiger partial charge in [-0.3, -0.25) is 9.69 Å². The molecule has 30 heavy (non-hydrogen) atoms. The van der Waals surface area contributed by atoms with Gasteiger partial charge in [-0.25, -0.2) is 4.98 Å². The number of H-pyrrole nitrogens is 1. The Morgan fingerprint density at radius 2 is 1.90 bits per heavy atom. The lowest BCUT2D eigenvalue weighted by Crippen LogP contribution is -2.41. The monoisotopic (exact) mass is 411 g/mol. The molecule has 8 heteroatoms. The molecule has 0 fully saturated rings. The normalized spacial score (nSPS) is 15.4. The van der Waals surface area contributed by atoms with Gasteiger partial charge in [-0.15, -0.1) is 0 Å². The standard InChI is InChI=1S/C22H25N3O5/c1-4-25(11-14-13-29-17-7-5-6-8-18(17)30-14)12-21-23-16-10-20(28-3)19(27-2)9-15(16)22(26)24-21/h5-10,14H,4,11-13H2,1-3H3,(H,23,24,26)/t14-/m1/s1. The van der Waals surface area contributed by atoms with Crippen molar-refractivity contribution in [3.05, 3.63) is 52.6 Å². The predicted molar refractivity (Wildman–Crippen MR) is 113 cm³/mol. The third-order valence-electron chi connectivity index (χ3n) is 5.11. The lowest BCUT2D eigenvalue weighted by atomic mass is 10.2. The van der Waals surface area contributed by atoms with Crippen molar-refractivity contribution in [1.29, 1.82) is 0 Å². The second-order valence-electron chi connectivity index (χ2n) is 7.06. The van der Waals surface area contributed by atoms with Gasteiger partial charge < -0.3 is 23.9 Å². The van der Waals surface area contributed by atoms with Gasteiger partial charge in [-0.05, 0) is 24.7 Å². The summed E-state index contributed by atoms with van der Waals surface area (Å²) in [5.74, 6) is 3.13. The van der Waals surface area contributed by atoms with Gasteiger partial charge in [0.05, 0.1) is 31.7 Å². The molecule has 0 spiro atoms. The van der Waals surface area contributed by atoms with E-state index < -0.39 is 0 Å². The molecule has 1 N–H and O–H groups in total. The van der Waals surface area contributed by atoms with Gasteiger partial charge in [0.25, 0.3) is 5.56 Å². The first kappa shape index (κ1) is 20.0. The summed E-state index contributed by atoms with van der Waals surface area (Å²) < 4.78 is 22.5. The molecule has 158 valence electrons. The fraction of sp³-hybridized carbons (Fsp3) is 0.364. The lowest BCUT2D eigenvalue weighted by molar-refractivity contribution is 0.0573. The van der Waals surface area contributed by atoms with Crippen molar-refractivity contribution in [2.24, 2.45) is 0 Å². The Kier molecular flexibility index (Phi) is 5.76. The molecular weight excluding hydrogens is 386 g/mol. The van der Waals surface area contributed by atoms with E-state index in [-0.39, 0.29) is 11.7 Å². The molecule has 0 radical (unpaired) electrons. The van der Waals surface area contributed by atoms with Crippen LogP contribution in [0.25, 0.3) is 10.9 Å². The first-order chi connectivity index (χ1) is 14.6. The smallest absolute Gasteiger partial charge is 0.258 e. The molecule has 0 saturated carbocycles. The molecule has 0 amide bonds. The second-order valence-corrected chi connectivity index (χ2v) is 7.06. The Morgan fingerprint density at radius 3 is 2.63 bits per heavy atom. The summed E-state index contributed by atoms with van der Waals surface area (Å²) in [7, 11) is 3.09. The average Bonchev–Trinajstić information content (AvgIpc) is 2.77. The van der Waals surface area contributed by atoms with E-state index in [1.807, 2.05) is 24.3 Å². The molecular formula is C22H25N3O5. The summed E-state index contributed by atoms with van der Waals surface area (Å²) >= 11 is 0. The fourth-order valence-electron chi connectivity index (χ4n) is 3.55. The summed E-state index contributed by atoms with van der Waals surface area (Å²) in [4.78, 5) is 22.3. The molecule has 2 heterocycles. The predicted octanol–water partition coefficient (Wildman–Crippen LogP) is 2.60. The van der Waals surface area contributed by atoms with Crippen LogP contribution in [0.4, 0.5) is 0 Å². The van der Waals surface area contributed by atoms with E-state index in [1.54, 1.807) is 19.2 Å². The highest BCUT2D eigenvalue weighted by atomic mass is 16.6. The van der Waals surface area contributed by atoms with Crippen LogP contribution in [0.5, 0.6) is 23.0 Å². The molecule has 4 rings (SSSR count). The molecule has 1 atom stereocenters. The molecule has 0 saturated heterocycles. The number of aromatic amines is 1. The van der Waals surface area contributed by atoms with Crippen LogP contribution in [0.1, 0.15) is 12.7 Å². The van der Waals surface area contributed by atoms with E-state index in [2.05, 4.69) is 21.8 Å². The van der Waals surface area contributed by atoms with Crippen molar-refractivity contribution in [2.75, 3.05) is 33.9 Å². The maximum Gasteiger partial charge on any atom is 0.258 e. The highest BCUT2D eigenvalue weighted by molar-refractivity contribution is 5.81. The Balaban J connectivity index is 1.53. The molecule has 2 aromatic carbocycles. The molecule has 1 aromatic heterocycles. The number of benzene rings is 2. The van der Waals surface area contributed by atoms with Gasteiger partial charge in [0, 0.05) is 12.6 Å². The summed E-state index contributed by atoms with van der Waals surface area (Å²) in [6, 6.07) is 11.0. The van der Waals surface area contributed by atoms with Crippen LogP contribution in [0.3, 0.4) is 0 Å². The van der Waals surface area contributed by atoms with Gasteiger partial charge in [-0.2, -0.15) is 0 Å². The Morgan fingerprint density at radius 1 is 1.17 bits per heavy atom. The van der Waals surface area contributed by atoms with E-state index in [4.69, 9.17) is 18.9 Å². The van der Waals surface area contributed by atoms with E-state index in [9.17, 15) is 4.79 Å². The molecule has 0 unspecified atom stereocenters. The van der Waals surface area contributed by atoms with Crippen LogP contribution in [0.15, 0.2) is 41.2 Å². The summed E-state index contributed by atoms with van der Waals surface area (Å²) in [6.07, 6.45) is -0.101. The largest absolute Gasteiger partial charge is 0.493 e. The van der Waals surface area contributed by atoms with Crippen LogP contribution in [0, 0.1) is 0 Å². The van der Waals surface area contributed by atoms with Crippen LogP contribution in [0.2, 0.25) is 0 Å². The number of hydrogen-bond donors (Lipinski definition) is 1. The number of methoxy groups -OCH3 is 2. The molecule has 1 aliphatic heterocycles. The third kappa shape index (κ3) is 4.04. The maximum atomic E-state index is 12.6. The molecule has 8 nitrogen and oxygen atoms in total. The topological polar surface area (TPSA) is 85.9 Å². The molecule has 0 aliphatic carbocycles. The van der Waals surface area contributed by atoms with Crippen molar-refractivity contribution >= 4 is 10.9 Å². The third-order valence-corrected chi connectivity index (χ3v) is 5.11. The summed E-state index contributed by atoms with van der Waals surface area (Å²) in [6.45, 7) is 4.45. The maximum absolute atomic E-state index is 12.6. The van der Waals surface area contributed by atoms with Crippen molar-refractivity contribution in [2.45, 2.75) is 19.6 Å². The van der Waals surface area contributed by atoms with Crippen LogP contribution < -0.4 is 24.5 Å². The zero-order valence-electron chi connectivity index (χ0n) is 17.3. The minimum atomic E-state index is -0.210. The van der Waals surface area contributed by atoms with Crippen molar-refractivity contribution in [1.82, 2.24) is 14.9 Å².